The van der Waals surface area contributed by atoms with Gasteiger partial charge in [-0.2, -0.15) is 0 Å². The maximum absolute atomic E-state index is 2.60. The van der Waals surface area contributed by atoms with Gasteiger partial charge in [0.1, 0.15) is 0 Å². The number of hydrogen-bond donors (Lipinski definition) is 0. The van der Waals surface area contributed by atoms with Crippen molar-refractivity contribution >= 4 is 34.1 Å². The van der Waals surface area contributed by atoms with Crippen molar-refractivity contribution in [2.24, 2.45) is 0 Å². The SMILES string of the molecule is c1ccc(-c2ccccc2-c2ccccc2N(c2ccc3c(c2)C2(c4ccccc4-3)c3ccccc3N(c3ccccc3)c3ccccc32)c2cccc3c2-c2ccccc2C32c3ccccc3-c3ccccc32)cc1. The van der Waals surface area contributed by atoms with Crippen LogP contribution in [0.25, 0.3) is 55.6 Å². The molecule has 12 aromatic carbocycles. The summed E-state index contributed by atoms with van der Waals surface area (Å²) in [6.07, 6.45) is 0. The van der Waals surface area contributed by atoms with Gasteiger partial charge in [-0.3, -0.25) is 0 Å². The third-order valence-corrected chi connectivity index (χ3v) is 17.1. The van der Waals surface area contributed by atoms with Crippen LogP contribution in [0.3, 0.4) is 0 Å². The largest absolute Gasteiger partial charge is 0.310 e. The number of benzene rings is 12. The molecule has 0 fully saturated rings. The Bertz CT molecular complexity index is 4230. The molecule has 0 saturated carbocycles. The molecule has 0 atom stereocenters. The van der Waals surface area contributed by atoms with Gasteiger partial charge in [-0.15, -0.1) is 0 Å². The Morgan fingerprint density at radius 3 is 1.26 bits per heavy atom. The first-order chi connectivity index (χ1) is 37.8. The third kappa shape index (κ3) is 5.65. The van der Waals surface area contributed by atoms with Crippen molar-refractivity contribution in [1.29, 1.82) is 0 Å². The van der Waals surface area contributed by atoms with Crippen molar-refractivity contribution in [1.82, 2.24) is 0 Å². The molecule has 0 aromatic heterocycles. The fourth-order valence-electron chi connectivity index (χ4n) is 14.3. The number of rotatable bonds is 6. The van der Waals surface area contributed by atoms with Gasteiger partial charge in [-0.25, -0.2) is 0 Å². The Balaban J connectivity index is 1.01. The zero-order chi connectivity index (χ0) is 50.0. The van der Waals surface area contributed by atoms with Crippen molar-refractivity contribution in [3.05, 3.63) is 336 Å². The van der Waals surface area contributed by atoms with E-state index in [4.69, 9.17) is 0 Å². The van der Waals surface area contributed by atoms with Gasteiger partial charge in [0.05, 0.1) is 33.6 Å². The van der Waals surface area contributed by atoms with Gasteiger partial charge in [0.25, 0.3) is 0 Å². The van der Waals surface area contributed by atoms with E-state index in [9.17, 15) is 0 Å². The molecule has 16 rings (SSSR count). The van der Waals surface area contributed by atoms with Crippen LogP contribution in [0.15, 0.2) is 291 Å². The van der Waals surface area contributed by atoms with Gasteiger partial charge >= 0.3 is 0 Å². The fraction of sp³-hybridized carbons (Fsp3) is 0.0270. The van der Waals surface area contributed by atoms with Gasteiger partial charge in [-0.1, -0.05) is 243 Å². The number of hydrogen-bond acceptors (Lipinski definition) is 2. The van der Waals surface area contributed by atoms with Crippen molar-refractivity contribution in [2.45, 2.75) is 10.8 Å². The smallest absolute Gasteiger partial charge is 0.0755 e. The van der Waals surface area contributed by atoms with E-state index in [-0.39, 0.29) is 0 Å². The fourth-order valence-corrected chi connectivity index (χ4v) is 14.3. The topological polar surface area (TPSA) is 6.48 Å². The summed E-state index contributed by atoms with van der Waals surface area (Å²) in [7, 11) is 0. The van der Waals surface area contributed by atoms with E-state index < -0.39 is 10.8 Å². The molecule has 1 heterocycles. The number of para-hydroxylation sites is 4. The highest BCUT2D eigenvalue weighted by Crippen LogP contribution is 2.67. The molecule has 2 heteroatoms. The summed E-state index contributed by atoms with van der Waals surface area (Å²) in [5.74, 6) is 0. The highest BCUT2D eigenvalue weighted by Gasteiger charge is 2.54. The highest BCUT2D eigenvalue weighted by atomic mass is 15.2. The summed E-state index contributed by atoms with van der Waals surface area (Å²) < 4.78 is 0. The molecular formula is C74H48N2. The average molecular weight is 965 g/mol. The minimum absolute atomic E-state index is 0.510. The van der Waals surface area contributed by atoms with E-state index in [2.05, 4.69) is 301 Å². The normalized spacial score (nSPS) is 14.0. The molecule has 3 aliphatic carbocycles. The zero-order valence-electron chi connectivity index (χ0n) is 41.6. The lowest BCUT2D eigenvalue weighted by Gasteiger charge is -2.45. The van der Waals surface area contributed by atoms with Crippen molar-refractivity contribution in [3.63, 3.8) is 0 Å². The summed E-state index contributed by atoms with van der Waals surface area (Å²) in [5.41, 5.74) is 28.4. The molecule has 0 radical (unpaired) electrons. The zero-order valence-corrected chi connectivity index (χ0v) is 41.6. The predicted octanol–water partition coefficient (Wildman–Crippen LogP) is 19.0. The molecule has 0 N–H and O–H groups in total. The summed E-state index contributed by atoms with van der Waals surface area (Å²) >= 11 is 0. The first kappa shape index (κ1) is 42.7. The lowest BCUT2D eigenvalue weighted by Crippen LogP contribution is -2.36. The van der Waals surface area contributed by atoms with Crippen LogP contribution < -0.4 is 9.80 Å². The Labute approximate surface area is 443 Å². The molecule has 76 heavy (non-hydrogen) atoms. The maximum Gasteiger partial charge on any atom is 0.0755 e. The quantitative estimate of drug-likeness (QED) is 0.164. The summed E-state index contributed by atoms with van der Waals surface area (Å²) in [4.78, 5) is 5.07. The second-order valence-electron chi connectivity index (χ2n) is 20.6. The highest BCUT2D eigenvalue weighted by molar-refractivity contribution is 6.04. The third-order valence-electron chi connectivity index (χ3n) is 17.1. The molecule has 1 aliphatic heterocycles. The van der Waals surface area contributed by atoms with E-state index in [1.54, 1.807) is 0 Å². The van der Waals surface area contributed by atoms with Crippen molar-refractivity contribution in [3.8, 4) is 55.6 Å². The van der Waals surface area contributed by atoms with Crippen LogP contribution >= 0.6 is 0 Å². The molecule has 12 aromatic rings. The van der Waals surface area contributed by atoms with E-state index in [1.807, 2.05) is 0 Å². The molecule has 0 bridgehead atoms. The maximum atomic E-state index is 2.60. The van der Waals surface area contributed by atoms with Crippen molar-refractivity contribution < 1.29 is 0 Å². The van der Waals surface area contributed by atoms with Gasteiger partial charge in [0.2, 0.25) is 0 Å². The minimum Gasteiger partial charge on any atom is -0.310 e. The molecule has 2 spiro atoms. The molecule has 0 unspecified atom stereocenters. The van der Waals surface area contributed by atoms with Crippen LogP contribution in [0.2, 0.25) is 0 Å². The predicted molar refractivity (Wildman–Crippen MR) is 314 cm³/mol. The van der Waals surface area contributed by atoms with Gasteiger partial charge < -0.3 is 9.80 Å². The van der Waals surface area contributed by atoms with E-state index in [0.29, 0.717) is 0 Å². The molecular weight excluding hydrogens is 917 g/mol. The Hall–Kier alpha value is -9.76. The summed E-state index contributed by atoms with van der Waals surface area (Å²) in [6, 6.07) is 109. The number of anilines is 6. The van der Waals surface area contributed by atoms with Crippen molar-refractivity contribution in [2.75, 3.05) is 9.80 Å². The van der Waals surface area contributed by atoms with Crippen LogP contribution in [-0.4, -0.2) is 0 Å². The standard InChI is InChI=1S/C74H48N2/c1-3-24-49(25-4-1)52-28-7-8-29-53(52)58-33-13-20-42-68(58)76(71-45-23-41-66-72(71)59-34-12-17-38-63(59)73(66)60-35-14-9-30-54(60)55-31-10-15-36-61(55)73)51-46-47-57-56-32-11-16-37-62(56)74(67(57)48-51)64-39-18-21-43-69(64)75(50-26-5-2-6-27-50)70-44-22-19-40-65(70)74/h1-48H. The Morgan fingerprint density at radius 2 is 0.658 bits per heavy atom. The second kappa shape index (κ2) is 16.4. The minimum atomic E-state index is -0.641. The van der Waals surface area contributed by atoms with Crippen LogP contribution in [0.1, 0.15) is 44.5 Å². The Morgan fingerprint density at radius 1 is 0.250 bits per heavy atom. The monoisotopic (exact) mass is 964 g/mol. The number of nitrogens with zero attached hydrogens (tertiary/aromatic N) is 2. The van der Waals surface area contributed by atoms with Crippen LogP contribution in [-0.2, 0) is 10.8 Å². The molecule has 354 valence electrons. The summed E-state index contributed by atoms with van der Waals surface area (Å²) in [5, 5.41) is 0. The molecule has 4 aliphatic rings. The Kier molecular flexibility index (Phi) is 9.20. The molecule has 0 saturated heterocycles. The molecule has 0 amide bonds. The van der Waals surface area contributed by atoms with E-state index in [0.717, 1.165) is 28.3 Å². The first-order valence-corrected chi connectivity index (χ1v) is 26.5. The van der Waals surface area contributed by atoms with Gasteiger partial charge in [0.15, 0.2) is 0 Å². The number of fused-ring (bicyclic) bond motifs is 19. The van der Waals surface area contributed by atoms with Crippen LogP contribution in [0, 0.1) is 0 Å². The van der Waals surface area contributed by atoms with E-state index in [1.165, 1.54) is 106 Å². The lowest BCUT2D eigenvalue weighted by molar-refractivity contribution is 0.752. The lowest BCUT2D eigenvalue weighted by atomic mass is 9.64. The summed E-state index contributed by atoms with van der Waals surface area (Å²) in [6.45, 7) is 0. The first-order valence-electron chi connectivity index (χ1n) is 26.5. The average Bonchev–Trinajstić information content (AvgIpc) is 4.30. The van der Waals surface area contributed by atoms with Gasteiger partial charge in [0, 0.05) is 22.5 Å². The van der Waals surface area contributed by atoms with Crippen LogP contribution in [0.4, 0.5) is 34.1 Å². The molecule has 2 nitrogen and oxygen atoms in total. The van der Waals surface area contributed by atoms with Crippen LogP contribution in [0.5, 0.6) is 0 Å². The van der Waals surface area contributed by atoms with E-state index >= 15 is 0 Å². The van der Waals surface area contributed by atoms with Gasteiger partial charge in [-0.05, 0) is 138 Å². The second-order valence-corrected chi connectivity index (χ2v) is 20.6.